The van der Waals surface area contributed by atoms with Crippen molar-refractivity contribution in [3.05, 3.63) is 0 Å². The third-order valence-electron chi connectivity index (χ3n) is 2.18. The lowest BCUT2D eigenvalue weighted by molar-refractivity contribution is 0.165. The van der Waals surface area contributed by atoms with Crippen molar-refractivity contribution in [2.45, 2.75) is 27.2 Å². The Balaban J connectivity index is 3.99. The van der Waals surface area contributed by atoms with Crippen molar-refractivity contribution < 1.29 is 5.11 Å². The SMILES string of the molecule is CC(C)CN(CCC(N)=S)CC(C)CO. The summed E-state index contributed by atoms with van der Waals surface area (Å²) in [4.78, 5) is 2.89. The quantitative estimate of drug-likeness (QED) is 0.618. The average molecular weight is 232 g/mol. The maximum absolute atomic E-state index is 9.02. The highest BCUT2D eigenvalue weighted by Crippen LogP contribution is 2.04. The van der Waals surface area contributed by atoms with Gasteiger partial charge < -0.3 is 15.7 Å². The maximum Gasteiger partial charge on any atom is 0.0740 e. The molecule has 0 bridgehead atoms. The maximum atomic E-state index is 9.02. The molecule has 0 heterocycles. The number of aliphatic hydroxyl groups is 1. The first-order valence-electron chi connectivity index (χ1n) is 5.57. The summed E-state index contributed by atoms with van der Waals surface area (Å²) in [7, 11) is 0. The Morgan fingerprint density at radius 3 is 2.33 bits per heavy atom. The molecule has 0 radical (unpaired) electrons. The molecule has 0 aliphatic heterocycles. The van der Waals surface area contributed by atoms with Crippen LogP contribution in [0.5, 0.6) is 0 Å². The van der Waals surface area contributed by atoms with Crippen molar-refractivity contribution in [3.8, 4) is 0 Å². The van der Waals surface area contributed by atoms with Gasteiger partial charge in [-0.15, -0.1) is 0 Å². The summed E-state index contributed by atoms with van der Waals surface area (Å²) in [5.41, 5.74) is 5.49. The predicted molar refractivity (Wildman–Crippen MR) is 68.9 cm³/mol. The van der Waals surface area contributed by atoms with Crippen molar-refractivity contribution in [2.24, 2.45) is 17.6 Å². The molecule has 3 nitrogen and oxygen atoms in total. The smallest absolute Gasteiger partial charge is 0.0740 e. The lowest BCUT2D eigenvalue weighted by atomic mass is 10.1. The number of rotatable bonds is 8. The zero-order chi connectivity index (χ0) is 11.8. The van der Waals surface area contributed by atoms with Crippen molar-refractivity contribution in [3.63, 3.8) is 0 Å². The Labute approximate surface area is 98.6 Å². The fourth-order valence-corrected chi connectivity index (χ4v) is 1.63. The molecule has 1 atom stereocenters. The van der Waals surface area contributed by atoms with Gasteiger partial charge in [0, 0.05) is 32.7 Å². The summed E-state index contributed by atoms with van der Waals surface area (Å²) in [6.07, 6.45) is 0.764. The molecule has 0 saturated heterocycles. The average Bonchev–Trinajstić information content (AvgIpc) is 2.13. The predicted octanol–water partition coefficient (Wildman–Crippen LogP) is 1.25. The van der Waals surface area contributed by atoms with Crippen molar-refractivity contribution in [1.29, 1.82) is 0 Å². The molecule has 0 aliphatic carbocycles. The molecule has 0 aromatic heterocycles. The molecule has 15 heavy (non-hydrogen) atoms. The van der Waals surface area contributed by atoms with E-state index in [0.29, 0.717) is 16.8 Å². The standard InChI is InChI=1S/C11H24N2OS/c1-9(2)6-13(5-4-11(12)15)7-10(3)8-14/h9-10,14H,4-8H2,1-3H3,(H2,12,15). The lowest BCUT2D eigenvalue weighted by Crippen LogP contribution is -2.35. The van der Waals surface area contributed by atoms with Gasteiger partial charge in [0.15, 0.2) is 0 Å². The van der Waals surface area contributed by atoms with E-state index in [9.17, 15) is 0 Å². The minimum absolute atomic E-state index is 0.238. The van der Waals surface area contributed by atoms with E-state index in [2.05, 4.69) is 18.7 Å². The van der Waals surface area contributed by atoms with Crippen LogP contribution < -0.4 is 5.73 Å². The van der Waals surface area contributed by atoms with E-state index in [4.69, 9.17) is 23.1 Å². The van der Waals surface area contributed by atoms with Gasteiger partial charge in [-0.05, 0) is 11.8 Å². The van der Waals surface area contributed by atoms with Gasteiger partial charge in [-0.2, -0.15) is 0 Å². The van der Waals surface area contributed by atoms with Gasteiger partial charge in [0.25, 0.3) is 0 Å². The summed E-state index contributed by atoms with van der Waals surface area (Å²) < 4.78 is 0. The largest absolute Gasteiger partial charge is 0.396 e. The molecule has 0 aromatic carbocycles. The molecule has 0 spiro atoms. The summed E-state index contributed by atoms with van der Waals surface area (Å²) in [6.45, 7) is 9.52. The number of nitrogens with zero attached hydrogens (tertiary/aromatic N) is 1. The van der Waals surface area contributed by atoms with Crippen LogP contribution in [0, 0.1) is 11.8 Å². The third kappa shape index (κ3) is 8.78. The topological polar surface area (TPSA) is 49.5 Å². The molecule has 0 saturated carbocycles. The van der Waals surface area contributed by atoms with Gasteiger partial charge >= 0.3 is 0 Å². The van der Waals surface area contributed by atoms with E-state index < -0.39 is 0 Å². The fraction of sp³-hybridized carbons (Fsp3) is 0.909. The van der Waals surface area contributed by atoms with Crippen LogP contribution in [0.1, 0.15) is 27.2 Å². The van der Waals surface area contributed by atoms with Crippen molar-refractivity contribution >= 4 is 17.2 Å². The Hall–Kier alpha value is -0.190. The number of hydrogen-bond acceptors (Lipinski definition) is 3. The van der Waals surface area contributed by atoms with Gasteiger partial charge in [-0.25, -0.2) is 0 Å². The van der Waals surface area contributed by atoms with Gasteiger partial charge in [-0.1, -0.05) is 33.0 Å². The molecule has 4 heteroatoms. The van der Waals surface area contributed by atoms with Crippen LogP contribution in [0.25, 0.3) is 0 Å². The van der Waals surface area contributed by atoms with E-state index in [1.807, 2.05) is 6.92 Å². The molecule has 3 N–H and O–H groups in total. The second-order valence-corrected chi connectivity index (χ2v) is 5.18. The number of hydrogen-bond donors (Lipinski definition) is 2. The van der Waals surface area contributed by atoms with Gasteiger partial charge in [-0.3, -0.25) is 0 Å². The first-order chi connectivity index (χ1) is 6.95. The Morgan fingerprint density at radius 2 is 1.93 bits per heavy atom. The molecular weight excluding hydrogens is 208 g/mol. The molecular formula is C11H24N2OS. The molecule has 0 aliphatic rings. The first-order valence-corrected chi connectivity index (χ1v) is 5.98. The molecule has 0 aromatic rings. The number of aliphatic hydroxyl groups excluding tert-OH is 1. The minimum Gasteiger partial charge on any atom is -0.396 e. The van der Waals surface area contributed by atoms with Crippen molar-refractivity contribution in [1.82, 2.24) is 4.90 Å². The summed E-state index contributed by atoms with van der Waals surface area (Å²) in [5, 5.41) is 9.02. The van der Waals surface area contributed by atoms with Gasteiger partial charge in [0.2, 0.25) is 0 Å². The van der Waals surface area contributed by atoms with E-state index in [1.165, 1.54) is 0 Å². The zero-order valence-corrected chi connectivity index (χ0v) is 10.9. The van der Waals surface area contributed by atoms with Crippen LogP contribution in [0.4, 0.5) is 0 Å². The Morgan fingerprint density at radius 1 is 1.33 bits per heavy atom. The van der Waals surface area contributed by atoms with Gasteiger partial charge in [0.1, 0.15) is 0 Å². The van der Waals surface area contributed by atoms with E-state index in [-0.39, 0.29) is 6.61 Å². The Kier molecular flexibility index (Phi) is 7.92. The van der Waals surface area contributed by atoms with Crippen LogP contribution in [0.15, 0.2) is 0 Å². The van der Waals surface area contributed by atoms with Crippen molar-refractivity contribution in [2.75, 3.05) is 26.2 Å². The van der Waals surface area contributed by atoms with Crippen LogP contribution in [0.2, 0.25) is 0 Å². The highest BCUT2D eigenvalue weighted by atomic mass is 32.1. The summed E-state index contributed by atoms with van der Waals surface area (Å²) in [5.74, 6) is 0.942. The van der Waals surface area contributed by atoms with E-state index in [0.717, 1.165) is 26.1 Å². The van der Waals surface area contributed by atoms with Crippen LogP contribution >= 0.6 is 12.2 Å². The van der Waals surface area contributed by atoms with Gasteiger partial charge in [0.05, 0.1) is 4.99 Å². The third-order valence-corrected chi connectivity index (χ3v) is 2.38. The molecule has 0 amide bonds. The molecule has 90 valence electrons. The summed E-state index contributed by atoms with van der Waals surface area (Å²) >= 11 is 4.87. The van der Waals surface area contributed by atoms with Crippen LogP contribution in [-0.4, -0.2) is 41.2 Å². The molecule has 1 unspecified atom stereocenters. The first kappa shape index (κ1) is 14.8. The second kappa shape index (κ2) is 8.02. The van der Waals surface area contributed by atoms with Crippen LogP contribution in [-0.2, 0) is 0 Å². The van der Waals surface area contributed by atoms with E-state index >= 15 is 0 Å². The van der Waals surface area contributed by atoms with E-state index in [1.54, 1.807) is 0 Å². The normalized spacial score (nSPS) is 13.5. The minimum atomic E-state index is 0.238. The summed E-state index contributed by atoms with van der Waals surface area (Å²) in [6, 6.07) is 0. The highest BCUT2D eigenvalue weighted by Gasteiger charge is 2.11. The zero-order valence-electron chi connectivity index (χ0n) is 10.1. The molecule has 0 rings (SSSR count). The highest BCUT2D eigenvalue weighted by molar-refractivity contribution is 7.80. The monoisotopic (exact) mass is 232 g/mol. The van der Waals surface area contributed by atoms with Crippen LogP contribution in [0.3, 0.4) is 0 Å². The Bertz CT molecular complexity index is 185. The molecule has 0 fully saturated rings. The lowest BCUT2D eigenvalue weighted by Gasteiger charge is -2.26. The number of thiocarbonyl (C=S) groups is 1. The second-order valence-electron chi connectivity index (χ2n) is 4.66. The fourth-order valence-electron chi connectivity index (χ4n) is 1.54. The number of nitrogens with two attached hydrogens (primary N) is 1.